The molecular weight excluding hydrogens is 326 g/mol. The largest absolute Gasteiger partial charge is 0.340 e. The topological polar surface area (TPSA) is 92.2 Å². The molecule has 22 heavy (non-hydrogen) atoms. The van der Waals surface area contributed by atoms with E-state index in [9.17, 15) is 8.42 Å². The van der Waals surface area contributed by atoms with Crippen LogP contribution in [0.15, 0.2) is 53.7 Å². The summed E-state index contributed by atoms with van der Waals surface area (Å²) >= 11 is 5.99. The Bertz CT molecular complexity index is 943. The predicted molar refractivity (Wildman–Crippen MR) is 84.1 cm³/mol. The van der Waals surface area contributed by atoms with Crippen LogP contribution in [0.4, 0.5) is 11.5 Å². The molecule has 3 aromatic rings. The molecule has 3 rings (SSSR count). The van der Waals surface area contributed by atoms with Crippen molar-refractivity contribution in [2.24, 2.45) is 0 Å². The van der Waals surface area contributed by atoms with Gasteiger partial charge in [-0.05, 0) is 42.5 Å². The summed E-state index contributed by atoms with van der Waals surface area (Å²) in [6.07, 6.45) is 1.42. The third-order valence-electron chi connectivity index (χ3n) is 3.01. The predicted octanol–water partition coefficient (Wildman–Crippen LogP) is 3.27. The molecule has 0 saturated carbocycles. The zero-order valence-electron chi connectivity index (χ0n) is 11.1. The molecule has 0 amide bonds. The molecule has 0 unspecified atom stereocenters. The number of anilines is 2. The van der Waals surface area contributed by atoms with Crippen LogP contribution in [0.5, 0.6) is 0 Å². The molecule has 0 spiro atoms. The van der Waals surface area contributed by atoms with Crippen LogP contribution >= 0.6 is 11.6 Å². The van der Waals surface area contributed by atoms with Crippen LogP contribution in [0.25, 0.3) is 10.9 Å². The molecule has 0 aliphatic heterocycles. The third-order valence-corrected chi connectivity index (χ3v) is 4.12. The first kappa shape index (κ1) is 14.7. The molecule has 0 bridgehead atoms. The summed E-state index contributed by atoms with van der Waals surface area (Å²) in [6.45, 7) is 0. The monoisotopic (exact) mass is 335 g/mol. The number of nitrogens with one attached hydrogen (secondary N) is 1. The molecule has 112 valence electrons. The van der Waals surface area contributed by atoms with Crippen LogP contribution in [0.3, 0.4) is 0 Å². The fourth-order valence-electron chi connectivity index (χ4n) is 1.98. The van der Waals surface area contributed by atoms with E-state index < -0.39 is 10.1 Å². The summed E-state index contributed by atoms with van der Waals surface area (Å²) in [5.74, 6) is 0.548. The lowest BCUT2D eigenvalue weighted by Crippen LogP contribution is -1.99. The van der Waals surface area contributed by atoms with Crippen LogP contribution in [0.2, 0.25) is 5.02 Å². The first-order valence-electron chi connectivity index (χ1n) is 6.18. The number of hydrogen-bond donors (Lipinski definition) is 2. The van der Waals surface area contributed by atoms with Gasteiger partial charge in [-0.25, -0.2) is 9.97 Å². The van der Waals surface area contributed by atoms with Gasteiger partial charge in [0.1, 0.15) is 12.1 Å². The molecule has 0 radical (unpaired) electrons. The Morgan fingerprint density at radius 2 is 1.77 bits per heavy atom. The molecular formula is C14H10ClN3O3S. The number of hydrogen-bond acceptors (Lipinski definition) is 5. The maximum absolute atomic E-state index is 11.0. The minimum absolute atomic E-state index is 0.173. The van der Waals surface area contributed by atoms with Gasteiger partial charge in [0.05, 0.1) is 10.4 Å². The number of benzene rings is 2. The number of halogens is 1. The van der Waals surface area contributed by atoms with E-state index in [0.29, 0.717) is 16.5 Å². The molecule has 0 saturated heterocycles. The summed E-state index contributed by atoms with van der Waals surface area (Å²) in [6, 6.07) is 10.9. The molecule has 0 atom stereocenters. The lowest BCUT2D eigenvalue weighted by Gasteiger charge is -2.09. The van der Waals surface area contributed by atoms with Crippen LogP contribution < -0.4 is 5.32 Å². The summed E-state index contributed by atoms with van der Waals surface area (Å²) in [4.78, 5) is 8.14. The number of aromatic nitrogens is 2. The highest BCUT2D eigenvalue weighted by atomic mass is 35.5. The summed E-state index contributed by atoms with van der Waals surface area (Å²) in [5, 5.41) is 4.37. The molecule has 1 aromatic heterocycles. The maximum Gasteiger partial charge on any atom is 0.294 e. The van der Waals surface area contributed by atoms with Crippen molar-refractivity contribution in [1.29, 1.82) is 0 Å². The molecule has 2 N–H and O–H groups in total. The third kappa shape index (κ3) is 3.01. The van der Waals surface area contributed by atoms with Gasteiger partial charge in [-0.1, -0.05) is 11.6 Å². The van der Waals surface area contributed by atoms with Gasteiger partial charge in [0.15, 0.2) is 0 Å². The van der Waals surface area contributed by atoms with Crippen molar-refractivity contribution in [2.75, 3.05) is 5.32 Å². The Morgan fingerprint density at radius 3 is 2.45 bits per heavy atom. The zero-order valence-corrected chi connectivity index (χ0v) is 12.6. The van der Waals surface area contributed by atoms with E-state index in [0.717, 1.165) is 10.9 Å². The molecule has 1 heterocycles. The van der Waals surface area contributed by atoms with E-state index in [-0.39, 0.29) is 4.90 Å². The van der Waals surface area contributed by atoms with Gasteiger partial charge < -0.3 is 5.32 Å². The second kappa shape index (κ2) is 5.53. The minimum atomic E-state index is -4.20. The second-order valence-electron chi connectivity index (χ2n) is 4.51. The van der Waals surface area contributed by atoms with E-state index >= 15 is 0 Å². The van der Waals surface area contributed by atoms with Crippen molar-refractivity contribution >= 4 is 44.1 Å². The number of nitrogens with zero attached hydrogens (tertiary/aromatic N) is 2. The Morgan fingerprint density at radius 1 is 1.05 bits per heavy atom. The molecule has 6 nitrogen and oxygen atoms in total. The fraction of sp³-hybridized carbons (Fsp3) is 0. The van der Waals surface area contributed by atoms with Crippen molar-refractivity contribution in [2.45, 2.75) is 4.90 Å². The molecule has 0 aliphatic carbocycles. The Kier molecular flexibility index (Phi) is 3.69. The van der Waals surface area contributed by atoms with Gasteiger partial charge in [0.25, 0.3) is 10.1 Å². The first-order valence-corrected chi connectivity index (χ1v) is 8.00. The van der Waals surface area contributed by atoms with Gasteiger partial charge in [0.2, 0.25) is 0 Å². The van der Waals surface area contributed by atoms with Crippen LogP contribution in [-0.4, -0.2) is 22.9 Å². The molecule has 2 aromatic carbocycles. The van der Waals surface area contributed by atoms with Gasteiger partial charge in [-0.2, -0.15) is 8.42 Å². The van der Waals surface area contributed by atoms with Gasteiger partial charge >= 0.3 is 0 Å². The summed E-state index contributed by atoms with van der Waals surface area (Å²) in [5.41, 5.74) is 1.35. The first-order chi connectivity index (χ1) is 10.4. The zero-order chi connectivity index (χ0) is 15.7. The molecule has 0 fully saturated rings. The lowest BCUT2D eigenvalue weighted by molar-refractivity contribution is 0.483. The Balaban J connectivity index is 1.98. The summed E-state index contributed by atoms with van der Waals surface area (Å²) in [7, 11) is -4.20. The molecule has 0 aliphatic rings. The van der Waals surface area contributed by atoms with Crippen LogP contribution in [-0.2, 0) is 10.1 Å². The maximum atomic E-state index is 11.0. The van der Waals surface area contributed by atoms with E-state index in [1.807, 2.05) is 0 Å². The van der Waals surface area contributed by atoms with Crippen molar-refractivity contribution < 1.29 is 13.0 Å². The minimum Gasteiger partial charge on any atom is -0.340 e. The van der Waals surface area contributed by atoms with E-state index in [2.05, 4.69) is 15.3 Å². The highest BCUT2D eigenvalue weighted by molar-refractivity contribution is 7.85. The van der Waals surface area contributed by atoms with Crippen LogP contribution in [0.1, 0.15) is 0 Å². The SMILES string of the molecule is O=S(=O)(O)c1ccc(Nc2ncnc3ccc(Cl)cc23)cc1. The van der Waals surface area contributed by atoms with Gasteiger partial charge in [0, 0.05) is 16.1 Å². The van der Waals surface area contributed by atoms with Crippen molar-refractivity contribution in [3.05, 3.63) is 53.8 Å². The van der Waals surface area contributed by atoms with Crippen LogP contribution in [0, 0.1) is 0 Å². The average molecular weight is 336 g/mol. The average Bonchev–Trinajstić information content (AvgIpc) is 2.47. The number of rotatable bonds is 3. The van der Waals surface area contributed by atoms with E-state index in [1.54, 1.807) is 18.2 Å². The van der Waals surface area contributed by atoms with Crippen molar-refractivity contribution in [3.63, 3.8) is 0 Å². The van der Waals surface area contributed by atoms with Crippen molar-refractivity contribution in [3.8, 4) is 0 Å². The normalized spacial score (nSPS) is 11.5. The number of fused-ring (bicyclic) bond motifs is 1. The van der Waals surface area contributed by atoms with E-state index in [4.69, 9.17) is 16.2 Å². The smallest absolute Gasteiger partial charge is 0.294 e. The highest BCUT2D eigenvalue weighted by Crippen LogP contribution is 2.26. The second-order valence-corrected chi connectivity index (χ2v) is 6.37. The van der Waals surface area contributed by atoms with Gasteiger partial charge in [-0.3, -0.25) is 4.55 Å². The highest BCUT2D eigenvalue weighted by Gasteiger charge is 2.09. The van der Waals surface area contributed by atoms with Gasteiger partial charge in [-0.15, -0.1) is 0 Å². The standard InChI is InChI=1S/C14H10ClN3O3S/c15-9-1-6-13-12(7-9)14(17-8-16-13)18-10-2-4-11(5-3-10)22(19,20)21/h1-8H,(H,16,17,18)(H,19,20,21). The Labute approximate surface area is 131 Å². The fourth-order valence-corrected chi connectivity index (χ4v) is 2.63. The summed E-state index contributed by atoms with van der Waals surface area (Å²) < 4.78 is 31.0. The van der Waals surface area contributed by atoms with E-state index in [1.165, 1.54) is 30.6 Å². The lowest BCUT2D eigenvalue weighted by atomic mass is 10.2. The Hall–Kier alpha value is -2.22. The quantitative estimate of drug-likeness (QED) is 0.714. The van der Waals surface area contributed by atoms with Crippen molar-refractivity contribution in [1.82, 2.24) is 9.97 Å². The molecule has 8 heteroatoms.